The van der Waals surface area contributed by atoms with Gasteiger partial charge in [-0.1, -0.05) is 25.8 Å². The van der Waals surface area contributed by atoms with E-state index < -0.39 is 0 Å². The molecule has 0 atom stereocenters. The topological polar surface area (TPSA) is 37.8 Å². The highest BCUT2D eigenvalue weighted by atomic mass is 19.1. The molecule has 0 bridgehead atoms. The molecule has 0 spiro atoms. The van der Waals surface area contributed by atoms with Crippen molar-refractivity contribution in [3.05, 3.63) is 30.3 Å². The third-order valence-corrected chi connectivity index (χ3v) is 2.68. The van der Waals surface area contributed by atoms with Gasteiger partial charge in [0.15, 0.2) is 0 Å². The van der Waals surface area contributed by atoms with E-state index in [0.29, 0.717) is 16.7 Å². The molecule has 0 aliphatic heterocycles. The number of anilines is 1. The average molecular weight is 233 g/mol. The molecule has 1 heterocycles. The molecule has 0 aliphatic carbocycles. The average Bonchev–Trinajstić information content (AvgIpc) is 2.35. The summed E-state index contributed by atoms with van der Waals surface area (Å²) < 4.78 is 13.7. The van der Waals surface area contributed by atoms with Crippen LogP contribution in [-0.2, 0) is 0 Å². The summed E-state index contributed by atoms with van der Waals surface area (Å²) in [5.74, 6) is 0.310. The Morgan fingerprint density at radius 1 is 1.24 bits per heavy atom. The zero-order valence-electron chi connectivity index (χ0n) is 9.91. The summed E-state index contributed by atoms with van der Waals surface area (Å²) >= 11 is 0. The molecule has 1 N–H and O–H groups in total. The van der Waals surface area contributed by atoms with E-state index in [2.05, 4.69) is 22.2 Å². The van der Waals surface area contributed by atoms with Gasteiger partial charge in [-0.15, -0.1) is 0 Å². The molecule has 0 aliphatic rings. The standard InChI is InChI=1S/C13H16FN3/c1-2-3-4-8-15-13-12-10(14)6-5-7-11(12)16-9-17-13/h5-7,9H,2-4,8H2,1H3,(H,15,16,17). The summed E-state index contributed by atoms with van der Waals surface area (Å²) in [4.78, 5) is 8.16. The van der Waals surface area contributed by atoms with E-state index in [1.807, 2.05) is 0 Å². The van der Waals surface area contributed by atoms with E-state index in [9.17, 15) is 4.39 Å². The van der Waals surface area contributed by atoms with Gasteiger partial charge in [-0.3, -0.25) is 0 Å². The fraction of sp³-hybridized carbons (Fsp3) is 0.385. The minimum Gasteiger partial charge on any atom is -0.369 e. The van der Waals surface area contributed by atoms with E-state index in [4.69, 9.17) is 0 Å². The SMILES string of the molecule is CCCCCNc1ncnc2cccc(F)c12. The lowest BCUT2D eigenvalue weighted by molar-refractivity contribution is 0.639. The molecule has 0 radical (unpaired) electrons. The van der Waals surface area contributed by atoms with Gasteiger partial charge in [0.25, 0.3) is 0 Å². The molecule has 0 saturated carbocycles. The van der Waals surface area contributed by atoms with Gasteiger partial charge in [-0.05, 0) is 18.6 Å². The van der Waals surface area contributed by atoms with Gasteiger partial charge in [0, 0.05) is 6.54 Å². The third-order valence-electron chi connectivity index (χ3n) is 2.68. The summed E-state index contributed by atoms with van der Waals surface area (Å²) in [5, 5.41) is 3.65. The Hall–Kier alpha value is -1.71. The summed E-state index contributed by atoms with van der Waals surface area (Å²) in [7, 11) is 0. The first kappa shape index (κ1) is 11.8. The van der Waals surface area contributed by atoms with Crippen molar-refractivity contribution in [3.8, 4) is 0 Å². The lowest BCUT2D eigenvalue weighted by Crippen LogP contribution is -2.05. The molecule has 4 heteroatoms. The Labute approximate surface area is 100 Å². The van der Waals surface area contributed by atoms with Gasteiger partial charge in [0.2, 0.25) is 0 Å². The predicted octanol–water partition coefficient (Wildman–Crippen LogP) is 3.37. The molecule has 0 fully saturated rings. The molecule has 17 heavy (non-hydrogen) atoms. The number of aromatic nitrogens is 2. The maximum Gasteiger partial charge on any atom is 0.140 e. The van der Waals surface area contributed by atoms with Gasteiger partial charge in [0.1, 0.15) is 18.0 Å². The van der Waals surface area contributed by atoms with E-state index in [-0.39, 0.29) is 5.82 Å². The molecule has 0 saturated heterocycles. The van der Waals surface area contributed by atoms with Crippen molar-refractivity contribution in [1.82, 2.24) is 9.97 Å². The van der Waals surface area contributed by atoms with Gasteiger partial charge < -0.3 is 5.32 Å². The van der Waals surface area contributed by atoms with Crippen molar-refractivity contribution in [1.29, 1.82) is 0 Å². The van der Waals surface area contributed by atoms with Crippen LogP contribution >= 0.6 is 0 Å². The number of nitrogens with one attached hydrogen (secondary N) is 1. The fourth-order valence-electron chi connectivity index (χ4n) is 1.78. The van der Waals surface area contributed by atoms with E-state index in [0.717, 1.165) is 13.0 Å². The number of hydrogen-bond donors (Lipinski definition) is 1. The van der Waals surface area contributed by atoms with Crippen molar-refractivity contribution < 1.29 is 4.39 Å². The Morgan fingerprint density at radius 3 is 2.94 bits per heavy atom. The minimum atomic E-state index is -0.277. The first-order valence-corrected chi connectivity index (χ1v) is 5.96. The van der Waals surface area contributed by atoms with Crippen molar-refractivity contribution in [2.24, 2.45) is 0 Å². The smallest absolute Gasteiger partial charge is 0.140 e. The molecule has 90 valence electrons. The Balaban J connectivity index is 2.21. The number of halogens is 1. The number of benzene rings is 1. The molecular formula is C13H16FN3. The van der Waals surface area contributed by atoms with Crippen LogP contribution in [0.25, 0.3) is 10.9 Å². The maximum atomic E-state index is 13.7. The van der Waals surface area contributed by atoms with Crippen LogP contribution in [0.2, 0.25) is 0 Å². The second-order valence-electron chi connectivity index (χ2n) is 3.99. The number of hydrogen-bond acceptors (Lipinski definition) is 3. The predicted molar refractivity (Wildman–Crippen MR) is 67.5 cm³/mol. The number of fused-ring (bicyclic) bond motifs is 1. The van der Waals surface area contributed by atoms with E-state index >= 15 is 0 Å². The van der Waals surface area contributed by atoms with Crippen molar-refractivity contribution in [2.45, 2.75) is 26.2 Å². The van der Waals surface area contributed by atoms with Crippen LogP contribution in [0.4, 0.5) is 10.2 Å². The van der Waals surface area contributed by atoms with Gasteiger partial charge >= 0.3 is 0 Å². The minimum absolute atomic E-state index is 0.277. The summed E-state index contributed by atoms with van der Waals surface area (Å²) in [6.45, 7) is 2.97. The quantitative estimate of drug-likeness (QED) is 0.804. The summed E-state index contributed by atoms with van der Waals surface area (Å²) in [6, 6.07) is 4.88. The van der Waals surface area contributed by atoms with Crippen LogP contribution in [0.1, 0.15) is 26.2 Å². The molecule has 2 rings (SSSR count). The molecule has 1 aromatic carbocycles. The molecule has 0 unspecified atom stereocenters. The molecule has 3 nitrogen and oxygen atoms in total. The van der Waals surface area contributed by atoms with Gasteiger partial charge in [0.05, 0.1) is 10.9 Å². The Bertz CT molecular complexity index is 494. The number of rotatable bonds is 5. The monoisotopic (exact) mass is 233 g/mol. The summed E-state index contributed by atoms with van der Waals surface area (Å²) in [6.07, 6.45) is 4.86. The lowest BCUT2D eigenvalue weighted by Gasteiger charge is -2.08. The van der Waals surface area contributed by atoms with Crippen LogP contribution in [0.5, 0.6) is 0 Å². The maximum absolute atomic E-state index is 13.7. The first-order chi connectivity index (χ1) is 8.33. The number of nitrogens with zero attached hydrogens (tertiary/aromatic N) is 2. The Kier molecular flexibility index (Phi) is 3.85. The highest BCUT2D eigenvalue weighted by molar-refractivity contribution is 5.89. The van der Waals surface area contributed by atoms with Crippen molar-refractivity contribution in [3.63, 3.8) is 0 Å². The molecule has 2 aromatic rings. The number of unbranched alkanes of at least 4 members (excludes halogenated alkanes) is 2. The Morgan fingerprint density at radius 2 is 2.12 bits per heavy atom. The second kappa shape index (κ2) is 5.57. The second-order valence-corrected chi connectivity index (χ2v) is 3.99. The van der Waals surface area contributed by atoms with Crippen LogP contribution in [-0.4, -0.2) is 16.5 Å². The largest absolute Gasteiger partial charge is 0.369 e. The molecule has 0 amide bonds. The van der Waals surface area contributed by atoms with Crippen LogP contribution < -0.4 is 5.32 Å². The van der Waals surface area contributed by atoms with Crippen LogP contribution in [0.15, 0.2) is 24.5 Å². The molecule has 1 aromatic heterocycles. The molecular weight excluding hydrogens is 217 g/mol. The fourth-order valence-corrected chi connectivity index (χ4v) is 1.78. The van der Waals surface area contributed by atoms with Crippen LogP contribution in [0, 0.1) is 5.82 Å². The van der Waals surface area contributed by atoms with E-state index in [1.165, 1.54) is 25.2 Å². The normalized spacial score (nSPS) is 10.7. The van der Waals surface area contributed by atoms with Gasteiger partial charge in [-0.25, -0.2) is 14.4 Å². The van der Waals surface area contributed by atoms with Crippen LogP contribution in [0.3, 0.4) is 0 Å². The zero-order valence-corrected chi connectivity index (χ0v) is 9.91. The zero-order chi connectivity index (χ0) is 12.1. The van der Waals surface area contributed by atoms with E-state index in [1.54, 1.807) is 12.1 Å². The van der Waals surface area contributed by atoms with Gasteiger partial charge in [-0.2, -0.15) is 0 Å². The highest BCUT2D eigenvalue weighted by Crippen LogP contribution is 2.22. The summed E-state index contributed by atoms with van der Waals surface area (Å²) in [5.41, 5.74) is 0.637. The van der Waals surface area contributed by atoms with Crippen molar-refractivity contribution >= 4 is 16.7 Å². The third kappa shape index (κ3) is 2.70. The lowest BCUT2D eigenvalue weighted by atomic mass is 10.2. The van der Waals surface area contributed by atoms with Crippen molar-refractivity contribution in [2.75, 3.05) is 11.9 Å². The first-order valence-electron chi connectivity index (χ1n) is 5.96. The highest BCUT2D eigenvalue weighted by Gasteiger charge is 2.07.